The molecule has 4 saturated heterocycles. The summed E-state index contributed by atoms with van der Waals surface area (Å²) in [5.74, 6) is 3.07. The number of ether oxygens (including phenoxy) is 8. The van der Waals surface area contributed by atoms with Crippen molar-refractivity contribution in [1.82, 2.24) is 39.9 Å². The van der Waals surface area contributed by atoms with E-state index in [4.69, 9.17) is 37.9 Å². The number of thiazole rings is 4. The quantitative estimate of drug-likeness (QED) is 0.0540. The summed E-state index contributed by atoms with van der Waals surface area (Å²) in [7, 11) is 0. The monoisotopic (exact) mass is 1360 g/mol. The van der Waals surface area contributed by atoms with E-state index in [-0.39, 0.29) is 72.9 Å². The van der Waals surface area contributed by atoms with E-state index in [2.05, 4.69) is 52.2 Å². The van der Waals surface area contributed by atoms with Crippen LogP contribution in [0.4, 0.5) is 4.39 Å². The number of carbonyl (C=O) groups is 4. The van der Waals surface area contributed by atoms with Crippen molar-refractivity contribution in [2.75, 3.05) is 46.2 Å². The number of ketones is 4. The highest BCUT2D eigenvalue weighted by Crippen LogP contribution is 2.40. The van der Waals surface area contributed by atoms with E-state index in [0.29, 0.717) is 108 Å². The number of halogens is 1. The van der Waals surface area contributed by atoms with Crippen LogP contribution >= 0.6 is 45.3 Å². The van der Waals surface area contributed by atoms with Crippen molar-refractivity contribution in [2.24, 2.45) is 0 Å². The lowest BCUT2D eigenvalue weighted by Crippen LogP contribution is -2.17. The topological polar surface area (TPSA) is 245 Å². The first-order valence-corrected chi connectivity index (χ1v) is 35.3. The molecule has 1 saturated carbocycles. The molecule has 13 rings (SSSR count). The molecule has 0 N–H and O–H groups in total. The molecule has 5 aliphatic rings. The van der Waals surface area contributed by atoms with Crippen molar-refractivity contribution in [1.29, 1.82) is 0 Å². The Labute approximate surface area is 562 Å². The Balaban J connectivity index is 0.000000137. The van der Waals surface area contributed by atoms with Gasteiger partial charge in [-0.25, -0.2) is 44.3 Å². The van der Waals surface area contributed by atoms with Crippen LogP contribution in [0.5, 0.6) is 23.0 Å². The van der Waals surface area contributed by atoms with Crippen LogP contribution < -0.4 is 18.9 Å². The van der Waals surface area contributed by atoms with E-state index in [1.54, 1.807) is 47.0 Å². The van der Waals surface area contributed by atoms with Gasteiger partial charge in [-0.15, -0.1) is 45.3 Å². The second-order valence-electron chi connectivity index (χ2n) is 23.8. The van der Waals surface area contributed by atoms with Crippen LogP contribution in [0.3, 0.4) is 0 Å². The lowest BCUT2D eigenvalue weighted by atomic mass is 10.1. The van der Waals surface area contributed by atoms with E-state index in [1.807, 2.05) is 70.5 Å². The molecule has 20 nitrogen and oxygen atoms in total. The molecule has 0 spiro atoms. The third-order valence-corrected chi connectivity index (χ3v) is 18.9. The van der Waals surface area contributed by atoms with Crippen molar-refractivity contribution in [3.63, 3.8) is 0 Å². The summed E-state index contributed by atoms with van der Waals surface area (Å²) >= 11 is 5.88. The molecule has 8 aromatic heterocycles. The summed E-state index contributed by atoms with van der Waals surface area (Å²) in [6.07, 6.45) is 7.04. The van der Waals surface area contributed by atoms with E-state index in [0.717, 1.165) is 94.5 Å². The second kappa shape index (κ2) is 33.4. The van der Waals surface area contributed by atoms with Crippen molar-refractivity contribution in [3.05, 3.63) is 158 Å². The molecule has 5 fully saturated rings. The predicted octanol–water partition coefficient (Wildman–Crippen LogP) is 12.9. The maximum Gasteiger partial charge on any atom is 0.188 e. The van der Waals surface area contributed by atoms with Crippen LogP contribution in [-0.4, -0.2) is 140 Å². The minimum Gasteiger partial charge on any atom is -0.488 e. The molecule has 12 heterocycles. The fourth-order valence-electron chi connectivity index (χ4n) is 10.4. The average Bonchev–Trinajstić information content (AvgIpc) is 1.63. The maximum absolute atomic E-state index is 13.2. The van der Waals surface area contributed by atoms with Gasteiger partial charge in [0.15, 0.2) is 23.1 Å². The van der Waals surface area contributed by atoms with Gasteiger partial charge in [-0.2, -0.15) is 0 Å². The number of rotatable bonds is 23. The molecular formula is C69H79FN8O12S4. The first kappa shape index (κ1) is 69.6. The van der Waals surface area contributed by atoms with Crippen LogP contribution in [-0.2, 0) is 51.1 Å². The lowest BCUT2D eigenvalue weighted by Gasteiger charge is -2.13. The highest BCUT2D eigenvalue weighted by Gasteiger charge is 2.28. The molecule has 1 aliphatic carbocycles. The SMILES string of the molecule is CCc1csc(CC(=O)c2cc(O[C@H]3CO[C@H](C)C3)cc(C)n2)n1.Cc1cc(O[C@@H]2CCOC2)cc(C(=O)Cc2nc(C(C)F)cs2)n1.Cc1cc(O[C@@H]2CCOC2)cc(C(=O)Cc2nc(C)cs2)n1.Cc1cc(O[C@@H]2CCOC2)cc(C(=O)Cc2nc(C3CC3)cs2)n1. The largest absolute Gasteiger partial charge is 0.488 e. The van der Waals surface area contributed by atoms with E-state index in [9.17, 15) is 23.6 Å². The van der Waals surface area contributed by atoms with Gasteiger partial charge in [0.05, 0.1) is 95.1 Å². The third kappa shape index (κ3) is 21.1. The molecule has 8 aromatic rings. The molecule has 0 aromatic carbocycles. The van der Waals surface area contributed by atoms with E-state index >= 15 is 0 Å². The lowest BCUT2D eigenvalue weighted by molar-refractivity contribution is 0.0977. The minimum absolute atomic E-state index is 0.0112. The fourth-order valence-corrected chi connectivity index (χ4v) is 13.8. The number of carbonyl (C=O) groups excluding carboxylic acids is 4. The number of alkyl halides is 1. The maximum atomic E-state index is 13.2. The number of hydrogen-bond donors (Lipinski definition) is 0. The van der Waals surface area contributed by atoms with Crippen molar-refractivity contribution >= 4 is 68.5 Å². The van der Waals surface area contributed by atoms with Gasteiger partial charge >= 0.3 is 0 Å². The Kier molecular flexibility index (Phi) is 24.8. The standard InChI is InChI=1S/C18H20N2O3S.C18H22N2O3S.C17H19FN2O3S.C16H18N2O3S/c1-11-6-14(23-13-4-5-22-9-13)7-15(19-11)17(21)8-18-20-16(10-24-18)12-2-3-12;1-4-13-10-24-18(20-13)8-17(21)16-7-14(5-11(2)19-16)23-15-6-12(3)22-9-15;1-10-5-13(23-12-3-4-22-8-12)6-14(19-10)16(21)7-17-20-15(9-24-17)11(2)18;1-10-5-13(21-12-3-4-20-8-12)6-14(17-10)15(19)7-16-18-11(2)9-22-16/h6-7,10,12-13H,2-5,8-9H2,1H3;5,7,10,12,15H,4,6,8-9H2,1-3H3;5-6,9,11-12H,3-4,7-8H2,1-2H3;5-6,9,12H,3-4,7-8H2,1-2H3/t13-;12-,15-;11?,12-;12-/m1111/s1. The van der Waals surface area contributed by atoms with Gasteiger partial charge in [0.2, 0.25) is 0 Å². The Bertz CT molecular complexity index is 3750. The van der Waals surface area contributed by atoms with Gasteiger partial charge in [0.1, 0.15) is 96.4 Å². The first-order chi connectivity index (χ1) is 45.3. The second-order valence-corrected chi connectivity index (χ2v) is 27.6. The zero-order valence-corrected chi connectivity index (χ0v) is 57.5. The molecule has 4 aliphatic heterocycles. The Hall–Kier alpha value is -7.23. The van der Waals surface area contributed by atoms with Gasteiger partial charge in [0.25, 0.3) is 0 Å². The summed E-state index contributed by atoms with van der Waals surface area (Å²) in [4.78, 5) is 84.8. The van der Waals surface area contributed by atoms with Crippen LogP contribution in [0, 0.1) is 34.6 Å². The van der Waals surface area contributed by atoms with Crippen molar-refractivity contribution in [2.45, 2.75) is 169 Å². The molecular weight excluding hydrogens is 1280 g/mol. The Morgan fingerprint density at radius 3 is 1.22 bits per heavy atom. The van der Waals surface area contributed by atoms with Crippen LogP contribution in [0.1, 0.15) is 179 Å². The van der Waals surface area contributed by atoms with E-state index in [1.165, 1.54) is 53.8 Å². The zero-order chi connectivity index (χ0) is 66.3. The minimum atomic E-state index is -1.13. The average molecular weight is 1360 g/mol. The highest BCUT2D eigenvalue weighted by atomic mass is 32.1. The van der Waals surface area contributed by atoms with Crippen molar-refractivity contribution in [3.8, 4) is 23.0 Å². The van der Waals surface area contributed by atoms with Crippen LogP contribution in [0.25, 0.3) is 0 Å². The van der Waals surface area contributed by atoms with E-state index < -0.39 is 6.17 Å². The third-order valence-electron chi connectivity index (χ3n) is 15.3. The number of hydrogen-bond acceptors (Lipinski definition) is 24. The number of Topliss-reactive ketones (excluding diaryl/α,β-unsaturated/α-hetero) is 4. The zero-order valence-electron chi connectivity index (χ0n) is 54.2. The number of pyridine rings is 4. The molecule has 0 amide bonds. The molecule has 25 heteroatoms. The predicted molar refractivity (Wildman–Crippen MR) is 356 cm³/mol. The van der Waals surface area contributed by atoms with Gasteiger partial charge in [-0.1, -0.05) is 6.92 Å². The molecule has 94 heavy (non-hydrogen) atoms. The summed E-state index contributed by atoms with van der Waals surface area (Å²) in [6, 6.07) is 14.2. The van der Waals surface area contributed by atoms with Gasteiger partial charge in [0, 0.05) is 130 Å². The Morgan fingerprint density at radius 1 is 0.479 bits per heavy atom. The number of aromatic nitrogens is 8. The summed E-state index contributed by atoms with van der Waals surface area (Å²) < 4.78 is 58.3. The molecule has 6 atom stereocenters. The molecule has 0 radical (unpaired) electrons. The highest BCUT2D eigenvalue weighted by molar-refractivity contribution is 7.10. The molecule has 498 valence electrons. The fraction of sp³-hybridized carbons (Fsp3) is 0.478. The summed E-state index contributed by atoms with van der Waals surface area (Å²) in [5.41, 5.74) is 8.18. The summed E-state index contributed by atoms with van der Waals surface area (Å²) in [6.45, 7) is 19.4. The Morgan fingerprint density at radius 2 is 0.872 bits per heavy atom. The number of aryl methyl sites for hydroxylation is 6. The van der Waals surface area contributed by atoms with Crippen LogP contribution in [0.2, 0.25) is 0 Å². The van der Waals surface area contributed by atoms with Crippen LogP contribution in [0.15, 0.2) is 70.1 Å². The smallest absolute Gasteiger partial charge is 0.188 e. The van der Waals surface area contributed by atoms with Crippen molar-refractivity contribution < 1.29 is 61.5 Å². The van der Waals surface area contributed by atoms with Gasteiger partial charge in [-0.05, 0) is 67.7 Å². The normalized spacial score (nSPS) is 19.2. The molecule has 0 bridgehead atoms. The molecule has 1 unspecified atom stereocenters. The first-order valence-electron chi connectivity index (χ1n) is 31.8. The number of nitrogens with zero attached hydrogens (tertiary/aromatic N) is 8. The van der Waals surface area contributed by atoms with Gasteiger partial charge < -0.3 is 37.9 Å². The summed E-state index contributed by atoms with van der Waals surface area (Å²) in [5, 5.41) is 10.8. The van der Waals surface area contributed by atoms with Gasteiger partial charge in [-0.3, -0.25) is 19.2 Å².